The number of amides is 1. The lowest BCUT2D eigenvalue weighted by Gasteiger charge is -2.18. The van der Waals surface area contributed by atoms with Crippen molar-refractivity contribution in [2.45, 2.75) is 0 Å². The van der Waals surface area contributed by atoms with Crippen LogP contribution >= 0.6 is 15.9 Å². The van der Waals surface area contributed by atoms with Crippen molar-refractivity contribution in [3.8, 4) is 0 Å². The lowest BCUT2D eigenvalue weighted by Crippen LogP contribution is -2.21. The number of aliphatic hydroxyl groups is 1. The Kier molecular flexibility index (Phi) is 5.36. The first-order chi connectivity index (χ1) is 10.1. The molecular weight excluding hydrogens is 332 g/mol. The van der Waals surface area contributed by atoms with Gasteiger partial charge in [-0.2, -0.15) is 0 Å². The van der Waals surface area contributed by atoms with Gasteiger partial charge in [0, 0.05) is 35.0 Å². The Labute approximate surface area is 132 Å². The van der Waals surface area contributed by atoms with Crippen LogP contribution in [0.1, 0.15) is 10.4 Å². The Bertz CT molecular complexity index is 631. The highest BCUT2D eigenvalue weighted by Gasteiger charge is 2.08. The summed E-state index contributed by atoms with van der Waals surface area (Å²) in [4.78, 5) is 14.2. The monoisotopic (exact) mass is 348 g/mol. The molecule has 2 aromatic carbocycles. The number of nitrogens with one attached hydrogen (secondary N) is 1. The van der Waals surface area contributed by atoms with Crippen LogP contribution in [0.25, 0.3) is 0 Å². The van der Waals surface area contributed by atoms with E-state index in [9.17, 15) is 4.79 Å². The van der Waals surface area contributed by atoms with Gasteiger partial charge in [-0.05, 0) is 36.4 Å². The minimum Gasteiger partial charge on any atom is -0.395 e. The molecule has 0 atom stereocenters. The van der Waals surface area contributed by atoms with Crippen molar-refractivity contribution in [2.24, 2.45) is 0 Å². The number of benzene rings is 2. The van der Waals surface area contributed by atoms with E-state index in [1.54, 1.807) is 6.07 Å². The van der Waals surface area contributed by atoms with Crippen LogP contribution in [-0.2, 0) is 0 Å². The number of halogens is 1. The van der Waals surface area contributed by atoms with E-state index in [4.69, 9.17) is 5.11 Å². The van der Waals surface area contributed by atoms with E-state index in [2.05, 4.69) is 21.2 Å². The number of anilines is 2. The molecule has 0 unspecified atom stereocenters. The average molecular weight is 349 g/mol. The molecule has 0 aliphatic rings. The molecule has 2 aromatic rings. The Morgan fingerprint density at radius 3 is 2.71 bits per heavy atom. The maximum absolute atomic E-state index is 12.3. The molecule has 0 heterocycles. The van der Waals surface area contributed by atoms with Crippen molar-refractivity contribution < 1.29 is 9.90 Å². The van der Waals surface area contributed by atoms with E-state index < -0.39 is 0 Å². The summed E-state index contributed by atoms with van der Waals surface area (Å²) in [5, 5.41) is 11.8. The average Bonchev–Trinajstić information content (AvgIpc) is 2.47. The highest BCUT2D eigenvalue weighted by Crippen LogP contribution is 2.18. The molecule has 4 nitrogen and oxygen atoms in total. The normalized spacial score (nSPS) is 10.2. The summed E-state index contributed by atoms with van der Waals surface area (Å²) in [5.74, 6) is -0.160. The van der Waals surface area contributed by atoms with Gasteiger partial charge in [0.05, 0.1) is 6.61 Å². The summed E-state index contributed by atoms with van der Waals surface area (Å²) in [5.41, 5.74) is 2.21. The second kappa shape index (κ2) is 7.24. The van der Waals surface area contributed by atoms with E-state index in [-0.39, 0.29) is 12.5 Å². The summed E-state index contributed by atoms with van der Waals surface area (Å²) in [6.07, 6.45) is 0. The van der Waals surface area contributed by atoms with Gasteiger partial charge in [-0.15, -0.1) is 0 Å². The quantitative estimate of drug-likeness (QED) is 0.872. The van der Waals surface area contributed by atoms with Crippen LogP contribution in [-0.4, -0.2) is 31.2 Å². The summed E-state index contributed by atoms with van der Waals surface area (Å²) in [6.45, 7) is 0.599. The minimum atomic E-state index is -0.160. The van der Waals surface area contributed by atoms with Gasteiger partial charge >= 0.3 is 0 Å². The zero-order chi connectivity index (χ0) is 15.2. The smallest absolute Gasteiger partial charge is 0.255 e. The maximum Gasteiger partial charge on any atom is 0.255 e. The molecule has 5 heteroatoms. The molecule has 0 aliphatic carbocycles. The van der Waals surface area contributed by atoms with Gasteiger partial charge in [-0.3, -0.25) is 4.79 Å². The molecule has 0 radical (unpaired) electrons. The SMILES string of the molecule is CN(CCO)c1cccc(C(=O)Nc2cccc(Br)c2)c1. The van der Waals surface area contributed by atoms with Gasteiger partial charge in [0.2, 0.25) is 0 Å². The van der Waals surface area contributed by atoms with Crippen molar-refractivity contribution in [3.63, 3.8) is 0 Å². The van der Waals surface area contributed by atoms with Gasteiger partial charge in [0.15, 0.2) is 0 Å². The van der Waals surface area contributed by atoms with Gasteiger partial charge in [-0.25, -0.2) is 0 Å². The Hall–Kier alpha value is -1.85. The van der Waals surface area contributed by atoms with Crippen LogP contribution in [0.15, 0.2) is 53.0 Å². The van der Waals surface area contributed by atoms with Crippen LogP contribution in [0, 0.1) is 0 Å². The van der Waals surface area contributed by atoms with Crippen molar-refractivity contribution in [2.75, 3.05) is 30.4 Å². The summed E-state index contributed by atoms with van der Waals surface area (Å²) in [7, 11) is 1.88. The third-order valence-electron chi connectivity index (χ3n) is 3.07. The first kappa shape index (κ1) is 15.5. The van der Waals surface area contributed by atoms with E-state index >= 15 is 0 Å². The first-order valence-electron chi connectivity index (χ1n) is 6.59. The number of aliphatic hydroxyl groups excluding tert-OH is 1. The Balaban J connectivity index is 2.14. The van der Waals surface area contributed by atoms with Crippen LogP contribution < -0.4 is 10.2 Å². The molecule has 0 aliphatic heterocycles. The fourth-order valence-corrected chi connectivity index (χ4v) is 2.33. The third-order valence-corrected chi connectivity index (χ3v) is 3.56. The maximum atomic E-state index is 12.3. The van der Waals surface area contributed by atoms with Crippen LogP contribution in [0.3, 0.4) is 0 Å². The van der Waals surface area contributed by atoms with Gasteiger partial charge in [-0.1, -0.05) is 28.1 Å². The number of likely N-dealkylation sites (N-methyl/N-ethyl adjacent to an activating group) is 1. The van der Waals surface area contributed by atoms with E-state index in [0.29, 0.717) is 12.1 Å². The van der Waals surface area contributed by atoms with Gasteiger partial charge < -0.3 is 15.3 Å². The zero-order valence-electron chi connectivity index (χ0n) is 11.7. The number of hydrogen-bond donors (Lipinski definition) is 2. The van der Waals surface area contributed by atoms with Crippen molar-refractivity contribution in [1.82, 2.24) is 0 Å². The summed E-state index contributed by atoms with van der Waals surface area (Å²) >= 11 is 3.37. The predicted octanol–water partition coefficient (Wildman–Crippen LogP) is 3.13. The van der Waals surface area contributed by atoms with Crippen LogP contribution in [0.5, 0.6) is 0 Å². The van der Waals surface area contributed by atoms with Crippen molar-refractivity contribution >= 4 is 33.2 Å². The highest BCUT2D eigenvalue weighted by molar-refractivity contribution is 9.10. The topological polar surface area (TPSA) is 52.6 Å². The van der Waals surface area contributed by atoms with E-state index in [1.165, 1.54) is 0 Å². The van der Waals surface area contributed by atoms with Crippen LogP contribution in [0.2, 0.25) is 0 Å². The van der Waals surface area contributed by atoms with E-state index in [0.717, 1.165) is 15.8 Å². The molecule has 0 saturated heterocycles. The molecule has 2 rings (SSSR count). The molecule has 21 heavy (non-hydrogen) atoms. The zero-order valence-corrected chi connectivity index (χ0v) is 13.3. The Morgan fingerprint density at radius 1 is 1.24 bits per heavy atom. The lowest BCUT2D eigenvalue weighted by molar-refractivity contribution is 0.102. The molecule has 0 spiro atoms. The molecule has 2 N–H and O–H groups in total. The molecule has 0 bridgehead atoms. The van der Waals surface area contributed by atoms with Gasteiger partial charge in [0.25, 0.3) is 5.91 Å². The number of carbonyl (C=O) groups excluding carboxylic acids is 1. The largest absolute Gasteiger partial charge is 0.395 e. The van der Waals surface area contributed by atoms with Crippen LogP contribution in [0.4, 0.5) is 11.4 Å². The Morgan fingerprint density at radius 2 is 2.00 bits per heavy atom. The highest BCUT2D eigenvalue weighted by atomic mass is 79.9. The predicted molar refractivity (Wildman–Crippen MR) is 88.9 cm³/mol. The number of rotatable bonds is 5. The second-order valence-electron chi connectivity index (χ2n) is 4.66. The fourth-order valence-electron chi connectivity index (χ4n) is 1.93. The second-order valence-corrected chi connectivity index (χ2v) is 5.58. The van der Waals surface area contributed by atoms with E-state index in [1.807, 2.05) is 54.4 Å². The number of hydrogen-bond acceptors (Lipinski definition) is 3. The first-order valence-corrected chi connectivity index (χ1v) is 7.38. The molecule has 0 aromatic heterocycles. The summed E-state index contributed by atoms with van der Waals surface area (Å²) < 4.78 is 0.914. The van der Waals surface area contributed by atoms with Gasteiger partial charge in [0.1, 0.15) is 0 Å². The fraction of sp³-hybridized carbons (Fsp3) is 0.188. The molecule has 1 amide bonds. The molecular formula is C16H17BrN2O2. The number of carbonyl (C=O) groups is 1. The van der Waals surface area contributed by atoms with Crippen molar-refractivity contribution in [3.05, 3.63) is 58.6 Å². The number of nitrogens with zero attached hydrogens (tertiary/aromatic N) is 1. The van der Waals surface area contributed by atoms with Crippen molar-refractivity contribution in [1.29, 1.82) is 0 Å². The third kappa shape index (κ3) is 4.31. The molecule has 110 valence electrons. The lowest BCUT2D eigenvalue weighted by atomic mass is 10.1. The molecule has 0 fully saturated rings. The molecule has 0 saturated carbocycles. The summed E-state index contributed by atoms with van der Waals surface area (Å²) in [6, 6.07) is 14.8. The standard InChI is InChI=1S/C16H17BrN2O2/c1-19(8-9-20)15-7-2-4-12(10-15)16(21)18-14-6-3-5-13(17)11-14/h2-7,10-11,20H,8-9H2,1H3,(H,18,21). The minimum absolute atomic E-state index is 0.0744.